The fourth-order valence-electron chi connectivity index (χ4n) is 2.68. The molecule has 1 aromatic rings. The average molecular weight is 290 g/mol. The van der Waals surface area contributed by atoms with Crippen molar-refractivity contribution in [3.63, 3.8) is 0 Å². The standard InChI is InChI=1S/C17H26N2O2/c1-13(21-4)16(20)18-12-17(2,3)19-10-9-14-7-5-6-8-15(14)11-19/h5-8,13H,9-12H2,1-4H3,(H,18,20)/t13-/m1/s1. The van der Waals surface area contributed by atoms with Crippen LogP contribution < -0.4 is 5.32 Å². The summed E-state index contributed by atoms with van der Waals surface area (Å²) in [7, 11) is 1.55. The Morgan fingerprint density at radius 2 is 2.05 bits per heavy atom. The van der Waals surface area contributed by atoms with E-state index >= 15 is 0 Å². The molecule has 0 fully saturated rings. The number of hydrogen-bond acceptors (Lipinski definition) is 3. The van der Waals surface area contributed by atoms with Crippen molar-refractivity contribution >= 4 is 5.91 Å². The molecule has 1 aliphatic heterocycles. The van der Waals surface area contributed by atoms with Gasteiger partial charge >= 0.3 is 0 Å². The molecular formula is C17H26N2O2. The molecule has 1 amide bonds. The maximum Gasteiger partial charge on any atom is 0.248 e. The Balaban J connectivity index is 1.96. The second-order valence-corrected chi connectivity index (χ2v) is 6.35. The minimum atomic E-state index is -0.400. The number of nitrogens with zero attached hydrogens (tertiary/aromatic N) is 1. The molecule has 1 aliphatic rings. The van der Waals surface area contributed by atoms with E-state index in [1.54, 1.807) is 14.0 Å². The van der Waals surface area contributed by atoms with Crippen LogP contribution in [0.2, 0.25) is 0 Å². The van der Waals surface area contributed by atoms with Crippen molar-refractivity contribution in [3.05, 3.63) is 35.4 Å². The number of benzene rings is 1. The quantitative estimate of drug-likeness (QED) is 0.901. The van der Waals surface area contributed by atoms with Gasteiger partial charge in [-0.1, -0.05) is 24.3 Å². The van der Waals surface area contributed by atoms with Crippen molar-refractivity contribution in [2.75, 3.05) is 20.2 Å². The summed E-state index contributed by atoms with van der Waals surface area (Å²) in [5.74, 6) is -0.0528. The van der Waals surface area contributed by atoms with E-state index in [-0.39, 0.29) is 11.4 Å². The van der Waals surface area contributed by atoms with E-state index < -0.39 is 6.10 Å². The minimum Gasteiger partial charge on any atom is -0.372 e. The number of hydrogen-bond donors (Lipinski definition) is 1. The minimum absolute atomic E-state index is 0.0528. The fourth-order valence-corrected chi connectivity index (χ4v) is 2.68. The Labute approximate surface area is 127 Å². The number of methoxy groups -OCH3 is 1. The van der Waals surface area contributed by atoms with Gasteiger partial charge in [-0.25, -0.2) is 0 Å². The molecule has 21 heavy (non-hydrogen) atoms. The maximum absolute atomic E-state index is 11.8. The molecule has 1 atom stereocenters. The van der Waals surface area contributed by atoms with Crippen LogP contribution in [-0.2, 0) is 22.5 Å². The third kappa shape index (κ3) is 3.83. The first-order valence-corrected chi connectivity index (χ1v) is 7.56. The molecular weight excluding hydrogens is 264 g/mol. The molecule has 1 heterocycles. The smallest absolute Gasteiger partial charge is 0.248 e. The number of fused-ring (bicyclic) bond motifs is 1. The van der Waals surface area contributed by atoms with Crippen LogP contribution in [0.1, 0.15) is 31.9 Å². The number of amides is 1. The lowest BCUT2D eigenvalue weighted by Gasteiger charge is -2.41. The van der Waals surface area contributed by atoms with Crippen LogP contribution in [-0.4, -0.2) is 42.6 Å². The summed E-state index contributed by atoms with van der Waals surface area (Å²) < 4.78 is 5.04. The third-order valence-corrected chi connectivity index (χ3v) is 4.40. The molecule has 0 radical (unpaired) electrons. The normalized spacial score (nSPS) is 17.1. The molecule has 4 heteroatoms. The van der Waals surface area contributed by atoms with Crippen LogP contribution in [0.15, 0.2) is 24.3 Å². The van der Waals surface area contributed by atoms with E-state index in [0.29, 0.717) is 6.54 Å². The molecule has 116 valence electrons. The van der Waals surface area contributed by atoms with Crippen LogP contribution >= 0.6 is 0 Å². The molecule has 0 saturated heterocycles. The highest BCUT2D eigenvalue weighted by Crippen LogP contribution is 2.24. The van der Waals surface area contributed by atoms with Gasteiger partial charge in [0.1, 0.15) is 6.10 Å². The second kappa shape index (κ2) is 6.58. The van der Waals surface area contributed by atoms with Gasteiger partial charge in [-0.2, -0.15) is 0 Å². The van der Waals surface area contributed by atoms with E-state index in [9.17, 15) is 4.79 Å². The van der Waals surface area contributed by atoms with Crippen LogP contribution in [0.4, 0.5) is 0 Å². The number of carbonyl (C=O) groups excluding carboxylic acids is 1. The molecule has 0 unspecified atom stereocenters. The van der Waals surface area contributed by atoms with Gasteiger partial charge in [-0.3, -0.25) is 9.69 Å². The fraction of sp³-hybridized carbons (Fsp3) is 0.588. The summed E-state index contributed by atoms with van der Waals surface area (Å²) in [6, 6.07) is 8.61. The van der Waals surface area contributed by atoms with Gasteiger partial charge in [0.05, 0.1) is 0 Å². The second-order valence-electron chi connectivity index (χ2n) is 6.35. The zero-order chi connectivity index (χ0) is 15.5. The topological polar surface area (TPSA) is 41.6 Å². The Bertz CT molecular complexity index is 499. The number of carbonyl (C=O) groups is 1. The Hall–Kier alpha value is -1.39. The van der Waals surface area contributed by atoms with Gasteiger partial charge in [-0.15, -0.1) is 0 Å². The van der Waals surface area contributed by atoms with E-state index in [1.807, 2.05) is 0 Å². The van der Waals surface area contributed by atoms with Gasteiger partial charge in [0.25, 0.3) is 0 Å². The predicted molar refractivity (Wildman–Crippen MR) is 84.1 cm³/mol. The molecule has 0 aromatic heterocycles. The van der Waals surface area contributed by atoms with Crippen molar-refractivity contribution in [3.8, 4) is 0 Å². The first-order valence-electron chi connectivity index (χ1n) is 7.56. The Kier molecular flexibility index (Phi) is 5.01. The molecule has 0 aliphatic carbocycles. The molecule has 0 bridgehead atoms. The molecule has 0 spiro atoms. The van der Waals surface area contributed by atoms with Gasteiger partial charge in [0.15, 0.2) is 0 Å². The van der Waals surface area contributed by atoms with Crippen molar-refractivity contribution in [2.45, 2.75) is 45.4 Å². The summed E-state index contributed by atoms with van der Waals surface area (Å²) in [6.45, 7) is 8.72. The number of rotatable bonds is 5. The van der Waals surface area contributed by atoms with Crippen LogP contribution in [0.25, 0.3) is 0 Å². The molecule has 2 rings (SSSR count). The highest BCUT2D eigenvalue weighted by molar-refractivity contribution is 5.80. The Morgan fingerprint density at radius 1 is 1.38 bits per heavy atom. The summed E-state index contributed by atoms with van der Waals surface area (Å²) >= 11 is 0. The first-order chi connectivity index (χ1) is 9.94. The Morgan fingerprint density at radius 3 is 2.71 bits per heavy atom. The lowest BCUT2D eigenvalue weighted by molar-refractivity contribution is -0.130. The van der Waals surface area contributed by atoms with Gasteiger partial charge in [0.2, 0.25) is 5.91 Å². The molecule has 4 nitrogen and oxygen atoms in total. The summed E-state index contributed by atoms with van der Waals surface area (Å²) in [6.07, 6.45) is 0.671. The maximum atomic E-state index is 11.8. The van der Waals surface area contributed by atoms with Gasteiger partial charge < -0.3 is 10.1 Å². The highest BCUT2D eigenvalue weighted by atomic mass is 16.5. The summed E-state index contributed by atoms with van der Waals surface area (Å²) in [4.78, 5) is 14.3. The van der Waals surface area contributed by atoms with Crippen molar-refractivity contribution < 1.29 is 9.53 Å². The number of ether oxygens (including phenoxy) is 1. The van der Waals surface area contributed by atoms with E-state index in [0.717, 1.165) is 19.5 Å². The average Bonchev–Trinajstić information content (AvgIpc) is 2.51. The lowest BCUT2D eigenvalue weighted by Crippen LogP contribution is -2.54. The van der Waals surface area contributed by atoms with Crippen molar-refractivity contribution in [1.29, 1.82) is 0 Å². The van der Waals surface area contributed by atoms with E-state index in [1.165, 1.54) is 11.1 Å². The largest absolute Gasteiger partial charge is 0.372 e. The van der Waals surface area contributed by atoms with Gasteiger partial charge in [-0.05, 0) is 38.3 Å². The summed E-state index contributed by atoms with van der Waals surface area (Å²) in [5.41, 5.74) is 2.77. The summed E-state index contributed by atoms with van der Waals surface area (Å²) in [5, 5.41) is 2.99. The van der Waals surface area contributed by atoms with Crippen molar-refractivity contribution in [1.82, 2.24) is 10.2 Å². The number of nitrogens with one attached hydrogen (secondary N) is 1. The molecule has 1 N–H and O–H groups in total. The predicted octanol–water partition coefficient (Wildman–Crippen LogP) is 1.97. The van der Waals surface area contributed by atoms with Crippen molar-refractivity contribution in [2.24, 2.45) is 0 Å². The van der Waals surface area contributed by atoms with E-state index in [2.05, 4.69) is 48.3 Å². The SMILES string of the molecule is CO[C@H](C)C(=O)NCC(C)(C)N1CCc2ccccc2C1. The molecule has 0 saturated carbocycles. The van der Waals surface area contributed by atoms with Crippen LogP contribution in [0.3, 0.4) is 0 Å². The van der Waals surface area contributed by atoms with Crippen LogP contribution in [0.5, 0.6) is 0 Å². The zero-order valence-corrected chi connectivity index (χ0v) is 13.5. The highest BCUT2D eigenvalue weighted by Gasteiger charge is 2.30. The zero-order valence-electron chi connectivity index (χ0n) is 13.5. The van der Waals surface area contributed by atoms with Gasteiger partial charge in [0, 0.05) is 32.3 Å². The monoisotopic (exact) mass is 290 g/mol. The van der Waals surface area contributed by atoms with E-state index in [4.69, 9.17) is 4.74 Å². The third-order valence-electron chi connectivity index (χ3n) is 4.40. The molecule has 1 aromatic carbocycles. The first kappa shape index (κ1) is 16.0. The lowest BCUT2D eigenvalue weighted by atomic mass is 9.94. The van der Waals surface area contributed by atoms with Crippen LogP contribution in [0, 0.1) is 0 Å².